The number of aliphatic hydroxyl groups excluding tert-OH is 1. The number of allylic oxidation sites excluding steroid dienone is 2. The van der Waals surface area contributed by atoms with Crippen LogP contribution < -0.4 is 5.32 Å². The van der Waals surface area contributed by atoms with E-state index in [4.69, 9.17) is 4.98 Å². The Bertz CT molecular complexity index is 705. The van der Waals surface area contributed by atoms with Crippen LogP contribution in [0.3, 0.4) is 0 Å². The third kappa shape index (κ3) is 3.68. The molecule has 1 aliphatic carbocycles. The molecule has 1 aromatic heterocycles. The lowest BCUT2D eigenvalue weighted by Gasteiger charge is -2.26. The lowest BCUT2D eigenvalue weighted by molar-refractivity contribution is -0.126. The number of thiazole rings is 1. The van der Waals surface area contributed by atoms with Crippen molar-refractivity contribution >= 4 is 27.5 Å². The molecule has 1 amide bonds. The fourth-order valence-corrected chi connectivity index (χ4v) is 4.14. The minimum absolute atomic E-state index is 0.0170. The highest BCUT2D eigenvalue weighted by Crippen LogP contribution is 2.38. The van der Waals surface area contributed by atoms with Crippen LogP contribution in [0.1, 0.15) is 37.6 Å². The number of para-hydroxylation sites is 1. The van der Waals surface area contributed by atoms with Gasteiger partial charge in [-0.3, -0.25) is 4.79 Å². The summed E-state index contributed by atoms with van der Waals surface area (Å²) in [6.07, 6.45) is 5.28. The average Bonchev–Trinajstić information content (AvgIpc) is 3.03. The predicted octanol–water partition coefficient (Wildman–Crippen LogP) is 3.48. The van der Waals surface area contributed by atoms with E-state index in [9.17, 15) is 9.90 Å². The molecule has 1 aromatic carbocycles. The maximum Gasteiger partial charge on any atom is 0.224 e. The third-order valence-electron chi connectivity index (χ3n) is 4.65. The molecule has 1 heterocycles. The molecule has 0 aliphatic heterocycles. The van der Waals surface area contributed by atoms with E-state index in [0.29, 0.717) is 6.54 Å². The monoisotopic (exact) mass is 344 g/mol. The van der Waals surface area contributed by atoms with Gasteiger partial charge in [-0.2, -0.15) is 0 Å². The second-order valence-corrected chi connectivity index (χ2v) is 7.79. The molecule has 5 heteroatoms. The fraction of sp³-hybridized carbons (Fsp3) is 0.474. The van der Waals surface area contributed by atoms with Crippen LogP contribution in [0.25, 0.3) is 10.2 Å². The summed E-state index contributed by atoms with van der Waals surface area (Å²) in [7, 11) is 0. The Kier molecular flexibility index (Phi) is 5.31. The van der Waals surface area contributed by atoms with Crippen molar-refractivity contribution in [2.24, 2.45) is 11.8 Å². The van der Waals surface area contributed by atoms with Crippen LogP contribution >= 0.6 is 11.3 Å². The molecule has 4 nitrogen and oxygen atoms in total. The van der Waals surface area contributed by atoms with E-state index in [1.807, 2.05) is 32.0 Å². The highest BCUT2D eigenvalue weighted by molar-refractivity contribution is 7.18. The van der Waals surface area contributed by atoms with Crippen molar-refractivity contribution in [1.29, 1.82) is 0 Å². The number of benzene rings is 1. The largest absolute Gasteiger partial charge is 0.391 e. The SMILES string of the molecule is CC(C)C(O)CNC(=O)C1CC=CCC1c1nc2ccccc2s1. The number of nitrogens with zero attached hydrogens (tertiary/aromatic N) is 1. The van der Waals surface area contributed by atoms with Crippen molar-refractivity contribution in [2.75, 3.05) is 6.54 Å². The zero-order chi connectivity index (χ0) is 17.1. The quantitative estimate of drug-likeness (QED) is 0.816. The van der Waals surface area contributed by atoms with E-state index in [2.05, 4.69) is 23.5 Å². The zero-order valence-corrected chi connectivity index (χ0v) is 14.9. The predicted molar refractivity (Wildman–Crippen MR) is 98.1 cm³/mol. The van der Waals surface area contributed by atoms with Crippen molar-refractivity contribution in [3.8, 4) is 0 Å². The number of carbonyl (C=O) groups is 1. The number of amides is 1. The first-order chi connectivity index (χ1) is 11.6. The molecule has 0 saturated carbocycles. The second-order valence-electron chi connectivity index (χ2n) is 6.73. The van der Waals surface area contributed by atoms with Crippen molar-refractivity contribution in [3.63, 3.8) is 0 Å². The first-order valence-electron chi connectivity index (χ1n) is 8.52. The summed E-state index contributed by atoms with van der Waals surface area (Å²) >= 11 is 1.68. The van der Waals surface area contributed by atoms with Gasteiger partial charge in [0.1, 0.15) is 0 Å². The van der Waals surface area contributed by atoms with E-state index < -0.39 is 6.10 Å². The molecule has 0 saturated heterocycles. The average molecular weight is 344 g/mol. The van der Waals surface area contributed by atoms with E-state index in [-0.39, 0.29) is 23.7 Å². The molecule has 3 atom stereocenters. The van der Waals surface area contributed by atoms with Crippen LogP contribution in [-0.2, 0) is 4.79 Å². The summed E-state index contributed by atoms with van der Waals surface area (Å²) in [6.45, 7) is 4.21. The Hall–Kier alpha value is -1.72. The molecule has 3 unspecified atom stereocenters. The van der Waals surface area contributed by atoms with Crippen LogP contribution in [0, 0.1) is 11.8 Å². The normalized spacial score (nSPS) is 22.0. The number of carbonyl (C=O) groups excluding carboxylic acids is 1. The number of nitrogens with one attached hydrogen (secondary N) is 1. The first-order valence-corrected chi connectivity index (χ1v) is 9.34. The van der Waals surface area contributed by atoms with Crippen molar-refractivity contribution in [1.82, 2.24) is 10.3 Å². The molecule has 24 heavy (non-hydrogen) atoms. The minimum atomic E-state index is -0.506. The molecule has 0 bridgehead atoms. The van der Waals surface area contributed by atoms with Crippen LogP contribution in [0.5, 0.6) is 0 Å². The van der Waals surface area contributed by atoms with Gasteiger partial charge in [0.2, 0.25) is 5.91 Å². The van der Waals surface area contributed by atoms with Gasteiger partial charge in [-0.25, -0.2) is 4.98 Å². The van der Waals surface area contributed by atoms with Gasteiger partial charge in [0.05, 0.1) is 27.2 Å². The third-order valence-corrected chi connectivity index (χ3v) is 5.82. The number of hydrogen-bond donors (Lipinski definition) is 2. The molecule has 3 rings (SSSR count). The van der Waals surface area contributed by atoms with E-state index in [1.54, 1.807) is 11.3 Å². The lowest BCUT2D eigenvalue weighted by atomic mass is 9.82. The Balaban J connectivity index is 1.76. The molecular formula is C19H24N2O2S. The maximum atomic E-state index is 12.6. The van der Waals surface area contributed by atoms with E-state index in [0.717, 1.165) is 28.1 Å². The molecular weight excluding hydrogens is 320 g/mol. The number of aliphatic hydroxyl groups is 1. The van der Waals surface area contributed by atoms with Gasteiger partial charge in [-0.1, -0.05) is 38.1 Å². The van der Waals surface area contributed by atoms with Crippen LogP contribution in [-0.4, -0.2) is 28.6 Å². The van der Waals surface area contributed by atoms with Gasteiger partial charge in [0.15, 0.2) is 0 Å². The summed E-state index contributed by atoms with van der Waals surface area (Å²) < 4.78 is 1.16. The highest BCUT2D eigenvalue weighted by Gasteiger charge is 2.32. The van der Waals surface area contributed by atoms with Crippen LogP contribution in [0.2, 0.25) is 0 Å². The highest BCUT2D eigenvalue weighted by atomic mass is 32.1. The Morgan fingerprint density at radius 3 is 2.83 bits per heavy atom. The van der Waals surface area contributed by atoms with E-state index >= 15 is 0 Å². The summed E-state index contributed by atoms with van der Waals surface area (Å²) in [5, 5.41) is 13.9. The second kappa shape index (κ2) is 7.45. The zero-order valence-electron chi connectivity index (χ0n) is 14.1. The van der Waals surface area contributed by atoms with Gasteiger partial charge in [0, 0.05) is 12.5 Å². The number of hydrogen-bond acceptors (Lipinski definition) is 4. The fourth-order valence-electron chi connectivity index (χ4n) is 3.00. The summed E-state index contributed by atoms with van der Waals surface area (Å²) in [6, 6.07) is 8.10. The molecule has 2 aromatic rings. The molecule has 0 fully saturated rings. The molecule has 1 aliphatic rings. The van der Waals surface area contributed by atoms with Crippen molar-refractivity contribution in [2.45, 2.75) is 38.7 Å². The van der Waals surface area contributed by atoms with Gasteiger partial charge in [-0.05, 0) is 30.9 Å². The molecule has 0 radical (unpaired) electrons. The number of fused-ring (bicyclic) bond motifs is 1. The van der Waals surface area contributed by atoms with Crippen LogP contribution in [0.4, 0.5) is 0 Å². The Morgan fingerprint density at radius 2 is 2.08 bits per heavy atom. The van der Waals surface area contributed by atoms with Gasteiger partial charge < -0.3 is 10.4 Å². The van der Waals surface area contributed by atoms with Gasteiger partial charge in [0.25, 0.3) is 0 Å². The Morgan fingerprint density at radius 1 is 1.33 bits per heavy atom. The minimum Gasteiger partial charge on any atom is -0.391 e. The Labute approximate surface area is 146 Å². The van der Waals surface area contributed by atoms with Gasteiger partial charge in [-0.15, -0.1) is 11.3 Å². The molecule has 128 valence electrons. The van der Waals surface area contributed by atoms with Gasteiger partial charge >= 0.3 is 0 Å². The maximum absolute atomic E-state index is 12.6. The van der Waals surface area contributed by atoms with Crippen LogP contribution in [0.15, 0.2) is 36.4 Å². The van der Waals surface area contributed by atoms with E-state index in [1.165, 1.54) is 0 Å². The first kappa shape index (κ1) is 17.1. The molecule has 0 spiro atoms. The summed E-state index contributed by atoms with van der Waals surface area (Å²) in [5.41, 5.74) is 1.00. The molecule has 2 N–H and O–H groups in total. The van der Waals surface area contributed by atoms with Crippen molar-refractivity contribution < 1.29 is 9.90 Å². The number of aromatic nitrogens is 1. The summed E-state index contributed by atoms with van der Waals surface area (Å²) in [4.78, 5) is 17.4. The summed E-state index contributed by atoms with van der Waals surface area (Å²) in [5.74, 6) is 0.151. The number of rotatable bonds is 5. The standard InChI is InChI=1S/C19H24N2O2S/c1-12(2)16(22)11-20-18(23)13-7-3-4-8-14(13)19-21-15-9-5-6-10-17(15)24-19/h3-6,9-10,12-14,16,22H,7-8,11H2,1-2H3,(H,20,23). The topological polar surface area (TPSA) is 62.2 Å². The lowest BCUT2D eigenvalue weighted by Crippen LogP contribution is -2.40. The van der Waals surface area contributed by atoms with Crippen molar-refractivity contribution in [3.05, 3.63) is 41.4 Å². The smallest absolute Gasteiger partial charge is 0.224 e.